The largest absolute Gasteiger partial charge is 0.485 e. The van der Waals surface area contributed by atoms with Crippen LogP contribution in [0.15, 0.2) is 0 Å². The molecule has 0 aliphatic heterocycles. The van der Waals surface area contributed by atoms with Gasteiger partial charge in [-0.25, -0.2) is 0 Å². The van der Waals surface area contributed by atoms with E-state index >= 15 is 0 Å². The van der Waals surface area contributed by atoms with Gasteiger partial charge in [0.2, 0.25) is 9.76 Å². The molecule has 0 aromatic rings. The van der Waals surface area contributed by atoms with Crippen molar-refractivity contribution in [1.82, 2.24) is 0 Å². The zero-order chi connectivity index (χ0) is 22.6. The maximum absolute atomic E-state index is 9.81. The molecule has 0 heterocycles. The zero-order valence-corrected chi connectivity index (χ0v) is 22.9. The van der Waals surface area contributed by atoms with E-state index in [-0.39, 0.29) is 9.76 Å². The molecular formula is C24H54NO3Si2+. The first-order chi connectivity index (χ1) is 14.3. The van der Waals surface area contributed by atoms with Gasteiger partial charge >= 0.3 is 8.80 Å². The SMILES string of the molecule is CCCCCCCCCCCCCCCCCC[N+](C)(C)CCC[Si](O)(O)O[Si]C. The van der Waals surface area contributed by atoms with E-state index in [4.69, 9.17) is 4.12 Å². The summed E-state index contributed by atoms with van der Waals surface area (Å²) in [6.45, 7) is 6.30. The van der Waals surface area contributed by atoms with Crippen LogP contribution in [0.4, 0.5) is 0 Å². The highest BCUT2D eigenvalue weighted by atomic mass is 28.4. The minimum absolute atomic E-state index is 0.162. The summed E-state index contributed by atoms with van der Waals surface area (Å²) in [5.74, 6) is 0. The second-order valence-electron chi connectivity index (χ2n) is 9.84. The Balaban J connectivity index is 3.38. The molecule has 0 aromatic heterocycles. The number of hydrogen-bond acceptors (Lipinski definition) is 3. The van der Waals surface area contributed by atoms with Gasteiger partial charge in [0, 0.05) is 12.5 Å². The molecule has 0 rings (SSSR count). The molecule has 0 spiro atoms. The van der Waals surface area contributed by atoms with Crippen molar-refractivity contribution < 1.29 is 18.2 Å². The average Bonchev–Trinajstić information content (AvgIpc) is 2.67. The molecule has 0 bridgehead atoms. The first-order valence-corrected chi connectivity index (χ1v) is 16.4. The van der Waals surface area contributed by atoms with E-state index < -0.39 is 8.80 Å². The molecule has 0 atom stereocenters. The Hall–Kier alpha value is 0.274. The Morgan fingerprint density at radius 2 is 1.00 bits per heavy atom. The van der Waals surface area contributed by atoms with Gasteiger partial charge in [0.1, 0.15) is 0 Å². The fourth-order valence-electron chi connectivity index (χ4n) is 4.15. The Labute approximate surface area is 192 Å². The average molecular weight is 461 g/mol. The number of unbranched alkanes of at least 4 members (excludes halogenated alkanes) is 15. The van der Waals surface area contributed by atoms with E-state index in [2.05, 4.69) is 21.0 Å². The number of quaternary nitrogens is 1. The number of rotatable bonds is 23. The predicted molar refractivity (Wildman–Crippen MR) is 134 cm³/mol. The topological polar surface area (TPSA) is 49.7 Å². The molecule has 0 unspecified atom stereocenters. The molecule has 6 heteroatoms. The van der Waals surface area contributed by atoms with Gasteiger partial charge in [-0.05, 0) is 19.4 Å². The van der Waals surface area contributed by atoms with Crippen LogP contribution < -0.4 is 0 Å². The first-order valence-electron chi connectivity index (χ1n) is 12.9. The Kier molecular flexibility index (Phi) is 20.1. The van der Waals surface area contributed by atoms with Gasteiger partial charge in [-0.1, -0.05) is 96.8 Å². The quantitative estimate of drug-likeness (QED) is 0.106. The van der Waals surface area contributed by atoms with Crippen molar-refractivity contribution in [3.63, 3.8) is 0 Å². The molecular weight excluding hydrogens is 406 g/mol. The number of hydrogen-bond donors (Lipinski definition) is 2. The van der Waals surface area contributed by atoms with E-state index in [0.29, 0.717) is 6.04 Å². The van der Waals surface area contributed by atoms with E-state index in [0.717, 1.165) is 17.4 Å². The molecule has 0 saturated carbocycles. The highest BCUT2D eigenvalue weighted by Crippen LogP contribution is 2.15. The van der Waals surface area contributed by atoms with Gasteiger partial charge in [-0.15, -0.1) is 0 Å². The maximum atomic E-state index is 9.81. The standard InChI is InChI=1S/C24H54NO3Si2/c1-5-6-7-8-9-10-11-12-13-14-15-16-17-18-19-20-22-25(2,3)23-21-24-30(26,27)28-29-4/h26-27H,5-24H2,1-4H3/q+1. The molecule has 0 saturated heterocycles. The van der Waals surface area contributed by atoms with Crippen LogP contribution in [0, 0.1) is 0 Å². The van der Waals surface area contributed by atoms with Crippen LogP contribution in [-0.2, 0) is 4.12 Å². The smallest absolute Gasteiger partial charge is 0.415 e. The summed E-state index contributed by atoms with van der Waals surface area (Å²) in [6, 6.07) is 0.425. The lowest BCUT2D eigenvalue weighted by Gasteiger charge is -2.30. The molecule has 0 aromatic carbocycles. The van der Waals surface area contributed by atoms with Crippen molar-refractivity contribution in [2.45, 2.75) is 129 Å². The fourth-order valence-corrected chi connectivity index (χ4v) is 6.49. The van der Waals surface area contributed by atoms with Crippen LogP contribution in [0.25, 0.3) is 0 Å². The van der Waals surface area contributed by atoms with Crippen LogP contribution in [0.3, 0.4) is 0 Å². The third kappa shape index (κ3) is 21.5. The lowest BCUT2D eigenvalue weighted by atomic mass is 10.0. The van der Waals surface area contributed by atoms with Gasteiger partial charge in [-0.3, -0.25) is 0 Å². The lowest BCUT2D eigenvalue weighted by Crippen LogP contribution is -2.44. The third-order valence-corrected chi connectivity index (χ3v) is 9.28. The Morgan fingerprint density at radius 1 is 0.633 bits per heavy atom. The second-order valence-corrected chi connectivity index (χ2v) is 13.1. The van der Waals surface area contributed by atoms with Crippen molar-refractivity contribution in [2.75, 3.05) is 27.2 Å². The summed E-state index contributed by atoms with van der Waals surface area (Å²) >= 11 is 0. The van der Waals surface area contributed by atoms with Gasteiger partial charge < -0.3 is 18.2 Å². The molecule has 0 aliphatic carbocycles. The zero-order valence-electron chi connectivity index (χ0n) is 20.9. The summed E-state index contributed by atoms with van der Waals surface area (Å²) in [7, 11) is 1.30. The van der Waals surface area contributed by atoms with Crippen molar-refractivity contribution in [3.05, 3.63) is 0 Å². The molecule has 0 fully saturated rings. The lowest BCUT2D eigenvalue weighted by molar-refractivity contribution is -0.890. The summed E-state index contributed by atoms with van der Waals surface area (Å²) in [5, 5.41) is 0. The van der Waals surface area contributed by atoms with Crippen LogP contribution in [-0.4, -0.2) is 59.8 Å². The van der Waals surface area contributed by atoms with Gasteiger partial charge in [-0.2, -0.15) is 0 Å². The predicted octanol–water partition coefficient (Wildman–Crippen LogP) is 6.32. The Morgan fingerprint density at radius 3 is 1.40 bits per heavy atom. The number of nitrogens with zero attached hydrogens (tertiary/aromatic N) is 1. The highest BCUT2D eigenvalue weighted by Gasteiger charge is 2.31. The van der Waals surface area contributed by atoms with Crippen molar-refractivity contribution in [1.29, 1.82) is 0 Å². The van der Waals surface area contributed by atoms with Crippen molar-refractivity contribution in [3.8, 4) is 0 Å². The fraction of sp³-hybridized carbons (Fsp3) is 1.00. The minimum atomic E-state index is -3.38. The molecule has 0 amide bonds. The van der Waals surface area contributed by atoms with Gasteiger partial charge in [0.15, 0.2) is 0 Å². The summed E-state index contributed by atoms with van der Waals surface area (Å²) in [5.41, 5.74) is 0. The van der Waals surface area contributed by atoms with Crippen molar-refractivity contribution in [2.24, 2.45) is 0 Å². The molecule has 4 nitrogen and oxygen atoms in total. The summed E-state index contributed by atoms with van der Waals surface area (Å²) in [4.78, 5) is 19.6. The summed E-state index contributed by atoms with van der Waals surface area (Å²) < 4.78 is 6.08. The molecule has 30 heavy (non-hydrogen) atoms. The molecule has 2 N–H and O–H groups in total. The normalized spacial score (nSPS) is 12.6. The molecule has 180 valence electrons. The maximum Gasteiger partial charge on any atom is 0.485 e. The van der Waals surface area contributed by atoms with E-state index in [1.165, 1.54) is 109 Å². The van der Waals surface area contributed by atoms with Crippen LogP contribution in [0.2, 0.25) is 12.6 Å². The van der Waals surface area contributed by atoms with E-state index in [9.17, 15) is 9.59 Å². The minimum Gasteiger partial charge on any atom is -0.415 e. The summed E-state index contributed by atoms with van der Waals surface area (Å²) in [6.07, 6.45) is 23.4. The third-order valence-electron chi connectivity index (χ3n) is 6.15. The van der Waals surface area contributed by atoms with Gasteiger partial charge in [0.05, 0.1) is 27.2 Å². The van der Waals surface area contributed by atoms with Crippen LogP contribution in [0.5, 0.6) is 0 Å². The van der Waals surface area contributed by atoms with Gasteiger partial charge in [0.25, 0.3) is 0 Å². The van der Waals surface area contributed by atoms with Crippen molar-refractivity contribution >= 4 is 18.6 Å². The second kappa shape index (κ2) is 19.9. The van der Waals surface area contributed by atoms with Crippen LogP contribution in [0.1, 0.15) is 116 Å². The Bertz CT molecular complexity index is 368. The van der Waals surface area contributed by atoms with E-state index in [1.54, 1.807) is 0 Å². The first kappa shape index (κ1) is 30.3. The molecule has 0 aliphatic rings. The highest BCUT2D eigenvalue weighted by molar-refractivity contribution is 6.63. The van der Waals surface area contributed by atoms with Crippen LogP contribution >= 0.6 is 0 Å². The monoisotopic (exact) mass is 460 g/mol. The molecule has 2 radical (unpaired) electrons. The van der Waals surface area contributed by atoms with E-state index in [1.807, 2.05) is 6.55 Å².